The van der Waals surface area contributed by atoms with Crippen LogP contribution in [-0.4, -0.2) is 66.8 Å². The lowest BCUT2D eigenvalue weighted by Gasteiger charge is -2.34. The minimum atomic E-state index is -3.36. The molecule has 0 spiro atoms. The third-order valence-corrected chi connectivity index (χ3v) is 6.62. The van der Waals surface area contributed by atoms with Crippen molar-refractivity contribution in [2.24, 2.45) is 5.73 Å². The summed E-state index contributed by atoms with van der Waals surface area (Å²) in [6.45, 7) is 5.01. The molecular formula is C18H28N3O6P. The molecule has 2 atom stereocenters. The van der Waals surface area contributed by atoms with E-state index in [9.17, 15) is 19.3 Å². The molecule has 28 heavy (non-hydrogen) atoms. The van der Waals surface area contributed by atoms with Gasteiger partial charge >= 0.3 is 13.7 Å². The zero-order valence-corrected chi connectivity index (χ0v) is 17.1. The Morgan fingerprint density at radius 3 is 2.43 bits per heavy atom. The second kappa shape index (κ2) is 10.1. The summed E-state index contributed by atoms with van der Waals surface area (Å²) >= 11 is 0. The predicted molar refractivity (Wildman–Crippen MR) is 105 cm³/mol. The van der Waals surface area contributed by atoms with Gasteiger partial charge in [-0.2, -0.15) is 0 Å². The van der Waals surface area contributed by atoms with Gasteiger partial charge in [-0.1, -0.05) is 12.1 Å². The third kappa shape index (κ3) is 5.40. The standard InChI is InChI=1S/C18H28N3O6P/c1-3-26-28(25,27-4-2)14-7-5-13(6-8-14)11-15(19)17(22)16-12-20-9-10-21(16)18(23)24/h5-8,15-16,20H,3-4,9-12,19H2,1-2H3,(H,23,24)/t15-,16?/m0/s1. The van der Waals surface area contributed by atoms with Crippen LogP contribution in [0, 0.1) is 0 Å². The lowest BCUT2D eigenvalue weighted by Crippen LogP contribution is -2.60. The number of hydrogen-bond donors (Lipinski definition) is 3. The number of carbonyl (C=O) groups excluding carboxylic acids is 1. The van der Waals surface area contributed by atoms with Gasteiger partial charge in [0.1, 0.15) is 6.04 Å². The van der Waals surface area contributed by atoms with Crippen molar-refractivity contribution in [2.45, 2.75) is 32.4 Å². The first-order chi connectivity index (χ1) is 13.3. The minimum Gasteiger partial charge on any atom is -0.465 e. The van der Waals surface area contributed by atoms with E-state index in [2.05, 4.69) is 5.32 Å². The van der Waals surface area contributed by atoms with Crippen LogP contribution >= 0.6 is 7.60 Å². The topological polar surface area (TPSA) is 131 Å². The Kier molecular flexibility index (Phi) is 8.15. The summed E-state index contributed by atoms with van der Waals surface area (Å²) in [5, 5.41) is 12.7. The van der Waals surface area contributed by atoms with E-state index in [0.29, 0.717) is 11.8 Å². The summed E-state index contributed by atoms with van der Waals surface area (Å²) in [6, 6.07) is 5.09. The van der Waals surface area contributed by atoms with E-state index < -0.39 is 25.8 Å². The van der Waals surface area contributed by atoms with Crippen molar-refractivity contribution in [3.05, 3.63) is 29.8 Å². The van der Waals surface area contributed by atoms with Crippen molar-refractivity contribution >= 4 is 24.8 Å². The van der Waals surface area contributed by atoms with Crippen molar-refractivity contribution in [3.63, 3.8) is 0 Å². The second-order valence-electron chi connectivity index (χ2n) is 6.41. The lowest BCUT2D eigenvalue weighted by molar-refractivity contribution is -0.125. The van der Waals surface area contributed by atoms with Gasteiger partial charge in [0, 0.05) is 19.6 Å². The number of Topliss-reactive ketones (excluding diaryl/α,β-unsaturated/α-hetero) is 1. The van der Waals surface area contributed by atoms with Crippen molar-refractivity contribution in [3.8, 4) is 0 Å². The number of piperazine rings is 1. The van der Waals surface area contributed by atoms with Gasteiger partial charge in [0.2, 0.25) is 0 Å². The first-order valence-electron chi connectivity index (χ1n) is 9.30. The summed E-state index contributed by atoms with van der Waals surface area (Å²) in [7, 11) is -3.36. The van der Waals surface area contributed by atoms with Crippen molar-refractivity contribution in [1.82, 2.24) is 10.2 Å². The van der Waals surface area contributed by atoms with Crippen LogP contribution in [0.5, 0.6) is 0 Å². The van der Waals surface area contributed by atoms with Crippen molar-refractivity contribution in [2.75, 3.05) is 32.8 Å². The van der Waals surface area contributed by atoms with Gasteiger partial charge in [-0.15, -0.1) is 0 Å². The molecule has 0 bridgehead atoms. The van der Waals surface area contributed by atoms with Crippen LogP contribution in [0.25, 0.3) is 0 Å². The molecule has 9 nitrogen and oxygen atoms in total. The Balaban J connectivity index is 2.07. The number of carbonyl (C=O) groups is 2. The second-order valence-corrected chi connectivity index (χ2v) is 8.44. The molecule has 0 radical (unpaired) electrons. The van der Waals surface area contributed by atoms with E-state index in [-0.39, 0.29) is 38.5 Å². The molecule has 1 aromatic carbocycles. The number of carboxylic acid groups (broad SMARTS) is 1. The van der Waals surface area contributed by atoms with Gasteiger partial charge in [0.15, 0.2) is 5.78 Å². The summed E-state index contributed by atoms with van der Waals surface area (Å²) in [5.41, 5.74) is 6.83. The van der Waals surface area contributed by atoms with E-state index in [4.69, 9.17) is 14.8 Å². The highest BCUT2D eigenvalue weighted by Gasteiger charge is 2.34. The first-order valence-corrected chi connectivity index (χ1v) is 10.8. The number of nitrogens with zero attached hydrogens (tertiary/aromatic N) is 1. The number of nitrogens with two attached hydrogens (primary N) is 1. The molecule has 4 N–H and O–H groups in total. The largest absolute Gasteiger partial charge is 0.465 e. The van der Waals surface area contributed by atoms with Crippen LogP contribution in [0.3, 0.4) is 0 Å². The van der Waals surface area contributed by atoms with Crippen molar-refractivity contribution in [1.29, 1.82) is 0 Å². The predicted octanol–water partition coefficient (Wildman–Crippen LogP) is 0.969. The highest BCUT2D eigenvalue weighted by atomic mass is 31.2. The third-order valence-electron chi connectivity index (χ3n) is 4.49. The molecule has 1 aromatic rings. The summed E-state index contributed by atoms with van der Waals surface area (Å²) < 4.78 is 23.4. The quantitative estimate of drug-likeness (QED) is 0.511. The van der Waals surface area contributed by atoms with Crippen LogP contribution in [0.1, 0.15) is 19.4 Å². The van der Waals surface area contributed by atoms with E-state index in [1.165, 1.54) is 0 Å². The van der Waals surface area contributed by atoms with Gasteiger partial charge in [0.05, 0.1) is 24.6 Å². The van der Waals surface area contributed by atoms with E-state index >= 15 is 0 Å². The molecule has 1 aliphatic rings. The van der Waals surface area contributed by atoms with Gasteiger partial charge in [-0.25, -0.2) is 4.79 Å². The monoisotopic (exact) mass is 413 g/mol. The number of ketones is 1. The van der Waals surface area contributed by atoms with E-state index in [0.717, 1.165) is 10.5 Å². The SMILES string of the molecule is CCOP(=O)(OCC)c1ccc(C[C@H](N)C(=O)C2CNCCN2C(=O)O)cc1. The van der Waals surface area contributed by atoms with Gasteiger partial charge in [-0.05, 0) is 38.0 Å². The van der Waals surface area contributed by atoms with Crippen LogP contribution in [-0.2, 0) is 24.8 Å². The maximum Gasteiger partial charge on any atom is 0.408 e. The minimum absolute atomic E-state index is 0.247. The smallest absolute Gasteiger partial charge is 0.408 e. The molecule has 0 aromatic heterocycles. The molecule has 1 amide bonds. The average Bonchev–Trinajstić information content (AvgIpc) is 2.68. The molecule has 1 unspecified atom stereocenters. The number of rotatable bonds is 9. The number of nitrogens with one attached hydrogen (secondary N) is 1. The summed E-state index contributed by atoms with van der Waals surface area (Å²) in [4.78, 5) is 25.1. The molecule has 1 heterocycles. The van der Waals surface area contributed by atoms with Gasteiger partial charge in [0.25, 0.3) is 0 Å². The fourth-order valence-corrected chi connectivity index (χ4v) is 4.70. The molecular weight excluding hydrogens is 385 g/mol. The Morgan fingerprint density at radius 2 is 1.89 bits per heavy atom. The fourth-order valence-electron chi connectivity index (χ4n) is 3.13. The van der Waals surface area contributed by atoms with Crippen LogP contribution in [0.15, 0.2) is 24.3 Å². The highest BCUT2D eigenvalue weighted by molar-refractivity contribution is 7.62. The highest BCUT2D eigenvalue weighted by Crippen LogP contribution is 2.46. The summed E-state index contributed by atoms with van der Waals surface area (Å²) in [6.07, 6.45) is -0.879. The Labute approximate surface area is 164 Å². The fraction of sp³-hybridized carbons (Fsp3) is 0.556. The summed E-state index contributed by atoms with van der Waals surface area (Å²) in [5.74, 6) is -0.326. The first kappa shape index (κ1) is 22.5. The van der Waals surface area contributed by atoms with Crippen LogP contribution in [0.2, 0.25) is 0 Å². The number of benzene rings is 1. The molecule has 2 rings (SSSR count). The number of hydrogen-bond acceptors (Lipinski definition) is 7. The average molecular weight is 413 g/mol. The molecule has 156 valence electrons. The molecule has 1 fully saturated rings. The zero-order chi connectivity index (χ0) is 20.7. The normalized spacial score (nSPS) is 18.7. The lowest BCUT2D eigenvalue weighted by atomic mass is 9.97. The Bertz CT molecular complexity index is 717. The maximum atomic E-state index is 12.8. The Hall–Kier alpha value is -1.77. The van der Waals surface area contributed by atoms with Crippen LogP contribution < -0.4 is 16.4 Å². The molecule has 10 heteroatoms. The Morgan fingerprint density at radius 1 is 1.29 bits per heavy atom. The molecule has 0 aliphatic carbocycles. The van der Waals surface area contributed by atoms with Gasteiger partial charge in [-0.3, -0.25) is 14.3 Å². The van der Waals surface area contributed by atoms with E-state index in [1.807, 2.05) is 0 Å². The van der Waals surface area contributed by atoms with Crippen molar-refractivity contribution < 1.29 is 28.3 Å². The molecule has 0 saturated carbocycles. The number of amides is 1. The maximum absolute atomic E-state index is 12.8. The molecule has 1 aliphatic heterocycles. The zero-order valence-electron chi connectivity index (χ0n) is 16.2. The molecule has 1 saturated heterocycles. The van der Waals surface area contributed by atoms with Crippen LogP contribution in [0.4, 0.5) is 4.79 Å². The van der Waals surface area contributed by atoms with E-state index in [1.54, 1.807) is 38.1 Å². The van der Waals surface area contributed by atoms with Gasteiger partial charge < -0.3 is 25.2 Å².